The Morgan fingerprint density at radius 2 is 2.23 bits per heavy atom. The van der Waals surface area contributed by atoms with Crippen molar-refractivity contribution < 1.29 is 0 Å². The highest BCUT2D eigenvalue weighted by Gasteiger charge is 2.05. The Morgan fingerprint density at radius 3 is 2.92 bits per heavy atom. The molecular formula is C9H12ClN3. The van der Waals surface area contributed by atoms with Crippen LogP contribution in [0.4, 0.5) is 0 Å². The Bertz CT molecular complexity index is 394. The first-order chi connectivity index (χ1) is 5.79. The number of benzene rings is 1. The van der Waals surface area contributed by atoms with Gasteiger partial charge in [-0.1, -0.05) is 12.1 Å². The number of nitrogens with zero attached hydrogens (tertiary/aromatic N) is 1. The molecule has 0 fully saturated rings. The molecule has 0 radical (unpaired) electrons. The fourth-order valence-electron chi connectivity index (χ4n) is 1.36. The van der Waals surface area contributed by atoms with Crippen molar-refractivity contribution in [3.8, 4) is 0 Å². The number of fused-ring (bicyclic) bond motifs is 1. The van der Waals surface area contributed by atoms with Crippen LogP contribution in [0.5, 0.6) is 0 Å². The zero-order valence-electron chi connectivity index (χ0n) is 7.32. The van der Waals surface area contributed by atoms with Crippen molar-refractivity contribution in [3.63, 3.8) is 0 Å². The third-order valence-corrected chi connectivity index (χ3v) is 1.97. The molecule has 2 aromatic rings. The number of aromatic amines is 1. The van der Waals surface area contributed by atoms with Crippen LogP contribution in [-0.4, -0.2) is 9.97 Å². The molecule has 0 aliphatic heterocycles. The lowest BCUT2D eigenvalue weighted by Gasteiger charge is -2.04. The van der Waals surface area contributed by atoms with Crippen molar-refractivity contribution in [2.45, 2.75) is 13.0 Å². The highest BCUT2D eigenvalue weighted by Crippen LogP contribution is 2.19. The molecule has 1 atom stereocenters. The average Bonchev–Trinajstić information content (AvgIpc) is 2.49. The van der Waals surface area contributed by atoms with Gasteiger partial charge in [0, 0.05) is 6.04 Å². The minimum atomic E-state index is 0. The maximum absolute atomic E-state index is 5.79. The van der Waals surface area contributed by atoms with E-state index in [9.17, 15) is 0 Å². The Kier molecular flexibility index (Phi) is 2.90. The van der Waals surface area contributed by atoms with E-state index < -0.39 is 0 Å². The first-order valence-electron chi connectivity index (χ1n) is 3.96. The van der Waals surface area contributed by atoms with E-state index in [4.69, 9.17) is 5.73 Å². The standard InChI is InChI=1S/C9H11N3.ClH/c1-6(10)7-3-2-4-8-9(7)12-5-11-8;/h2-6H,10H2,1H3,(H,11,12);1H. The van der Waals surface area contributed by atoms with Gasteiger partial charge in [0.15, 0.2) is 0 Å². The Balaban J connectivity index is 0.000000845. The van der Waals surface area contributed by atoms with Gasteiger partial charge in [0.1, 0.15) is 0 Å². The smallest absolute Gasteiger partial charge is 0.0932 e. The minimum Gasteiger partial charge on any atom is -0.345 e. The summed E-state index contributed by atoms with van der Waals surface area (Å²) >= 11 is 0. The summed E-state index contributed by atoms with van der Waals surface area (Å²) in [4.78, 5) is 7.25. The second kappa shape index (κ2) is 3.77. The van der Waals surface area contributed by atoms with E-state index in [-0.39, 0.29) is 18.4 Å². The third kappa shape index (κ3) is 1.66. The van der Waals surface area contributed by atoms with Gasteiger partial charge in [-0.05, 0) is 18.6 Å². The van der Waals surface area contributed by atoms with Crippen LogP contribution in [0.3, 0.4) is 0 Å². The molecule has 0 saturated heterocycles. The van der Waals surface area contributed by atoms with Crippen molar-refractivity contribution in [2.75, 3.05) is 0 Å². The molecule has 0 aliphatic rings. The molecule has 0 spiro atoms. The van der Waals surface area contributed by atoms with Crippen LogP contribution in [0, 0.1) is 0 Å². The predicted molar refractivity (Wildman–Crippen MR) is 55.9 cm³/mol. The number of aromatic nitrogens is 2. The van der Waals surface area contributed by atoms with E-state index in [0.29, 0.717) is 0 Å². The number of rotatable bonds is 1. The number of halogens is 1. The van der Waals surface area contributed by atoms with Crippen molar-refractivity contribution in [1.82, 2.24) is 9.97 Å². The van der Waals surface area contributed by atoms with Crippen molar-refractivity contribution >= 4 is 23.4 Å². The molecule has 0 bridgehead atoms. The number of H-pyrrole nitrogens is 1. The third-order valence-electron chi connectivity index (χ3n) is 1.97. The van der Waals surface area contributed by atoms with Gasteiger partial charge in [0.05, 0.1) is 17.4 Å². The molecule has 3 N–H and O–H groups in total. The van der Waals surface area contributed by atoms with Crippen LogP contribution in [-0.2, 0) is 0 Å². The largest absolute Gasteiger partial charge is 0.345 e. The summed E-state index contributed by atoms with van der Waals surface area (Å²) in [7, 11) is 0. The monoisotopic (exact) mass is 197 g/mol. The summed E-state index contributed by atoms with van der Waals surface area (Å²) < 4.78 is 0. The molecular weight excluding hydrogens is 186 g/mol. The van der Waals surface area contributed by atoms with E-state index in [1.165, 1.54) is 0 Å². The molecule has 70 valence electrons. The molecule has 3 nitrogen and oxygen atoms in total. The van der Waals surface area contributed by atoms with Crippen LogP contribution in [0.25, 0.3) is 11.0 Å². The van der Waals surface area contributed by atoms with Crippen LogP contribution in [0.1, 0.15) is 18.5 Å². The number of nitrogens with one attached hydrogen (secondary N) is 1. The maximum Gasteiger partial charge on any atom is 0.0932 e. The van der Waals surface area contributed by atoms with Crippen molar-refractivity contribution in [2.24, 2.45) is 5.73 Å². The predicted octanol–water partition coefficient (Wildman–Crippen LogP) is 2.00. The number of para-hydroxylation sites is 1. The molecule has 0 saturated carbocycles. The Labute approximate surface area is 82.8 Å². The lowest BCUT2D eigenvalue weighted by molar-refractivity contribution is 0.824. The summed E-state index contributed by atoms with van der Waals surface area (Å²) in [5.74, 6) is 0. The van der Waals surface area contributed by atoms with Gasteiger partial charge < -0.3 is 10.7 Å². The quantitative estimate of drug-likeness (QED) is 0.735. The molecule has 0 amide bonds. The summed E-state index contributed by atoms with van der Waals surface area (Å²) in [6, 6.07) is 6.03. The summed E-state index contributed by atoms with van der Waals surface area (Å²) in [6.07, 6.45) is 1.69. The second-order valence-electron chi connectivity index (χ2n) is 2.93. The van der Waals surface area contributed by atoms with Crippen LogP contribution in [0.15, 0.2) is 24.5 Å². The zero-order chi connectivity index (χ0) is 8.55. The first kappa shape index (κ1) is 10.0. The Morgan fingerprint density at radius 1 is 1.46 bits per heavy atom. The summed E-state index contributed by atoms with van der Waals surface area (Å²) in [5, 5.41) is 0. The lowest BCUT2D eigenvalue weighted by Crippen LogP contribution is -2.05. The molecule has 0 aliphatic carbocycles. The highest BCUT2D eigenvalue weighted by molar-refractivity contribution is 5.85. The van der Waals surface area contributed by atoms with Gasteiger partial charge in [-0.2, -0.15) is 0 Å². The second-order valence-corrected chi connectivity index (χ2v) is 2.93. The fraction of sp³-hybridized carbons (Fsp3) is 0.222. The average molecular weight is 198 g/mol. The molecule has 1 aromatic heterocycles. The number of imidazole rings is 1. The van der Waals surface area contributed by atoms with E-state index in [1.807, 2.05) is 25.1 Å². The van der Waals surface area contributed by atoms with E-state index in [1.54, 1.807) is 6.33 Å². The number of nitrogens with two attached hydrogens (primary N) is 1. The first-order valence-corrected chi connectivity index (χ1v) is 3.96. The maximum atomic E-state index is 5.79. The lowest BCUT2D eigenvalue weighted by atomic mass is 10.1. The van der Waals surface area contributed by atoms with E-state index in [2.05, 4.69) is 9.97 Å². The zero-order valence-corrected chi connectivity index (χ0v) is 8.14. The van der Waals surface area contributed by atoms with Gasteiger partial charge >= 0.3 is 0 Å². The molecule has 1 aromatic carbocycles. The molecule has 1 unspecified atom stereocenters. The number of hydrogen-bond acceptors (Lipinski definition) is 2. The number of hydrogen-bond donors (Lipinski definition) is 2. The highest BCUT2D eigenvalue weighted by atomic mass is 35.5. The van der Waals surface area contributed by atoms with E-state index in [0.717, 1.165) is 16.6 Å². The summed E-state index contributed by atoms with van der Waals surface area (Å²) in [5.41, 5.74) is 8.90. The molecule has 2 rings (SSSR count). The Hall–Kier alpha value is -1.06. The fourth-order valence-corrected chi connectivity index (χ4v) is 1.36. The van der Waals surface area contributed by atoms with Crippen molar-refractivity contribution in [1.29, 1.82) is 0 Å². The normalized spacial score (nSPS) is 12.5. The van der Waals surface area contributed by atoms with Crippen LogP contribution >= 0.6 is 12.4 Å². The summed E-state index contributed by atoms with van der Waals surface area (Å²) in [6.45, 7) is 1.96. The van der Waals surface area contributed by atoms with Crippen LogP contribution in [0.2, 0.25) is 0 Å². The minimum absolute atomic E-state index is 0. The van der Waals surface area contributed by atoms with E-state index >= 15 is 0 Å². The SMILES string of the molecule is CC(N)c1cccc2[nH]cnc12.Cl. The van der Waals surface area contributed by atoms with Gasteiger partial charge in [0.2, 0.25) is 0 Å². The molecule has 1 heterocycles. The van der Waals surface area contributed by atoms with Gasteiger partial charge in [0.25, 0.3) is 0 Å². The molecule has 4 heteroatoms. The molecule has 13 heavy (non-hydrogen) atoms. The van der Waals surface area contributed by atoms with Gasteiger partial charge in [-0.15, -0.1) is 12.4 Å². The van der Waals surface area contributed by atoms with Crippen LogP contribution < -0.4 is 5.73 Å². The van der Waals surface area contributed by atoms with Gasteiger partial charge in [-0.25, -0.2) is 4.98 Å². The topological polar surface area (TPSA) is 54.7 Å². The van der Waals surface area contributed by atoms with Crippen molar-refractivity contribution in [3.05, 3.63) is 30.1 Å². The van der Waals surface area contributed by atoms with Gasteiger partial charge in [-0.3, -0.25) is 0 Å².